The van der Waals surface area contributed by atoms with E-state index in [1.165, 1.54) is 30.5 Å². The van der Waals surface area contributed by atoms with Crippen molar-refractivity contribution in [2.45, 2.75) is 27.7 Å². The summed E-state index contributed by atoms with van der Waals surface area (Å²) in [4.78, 5) is 44.4. The van der Waals surface area contributed by atoms with Crippen LogP contribution in [0.5, 0.6) is 11.8 Å². The van der Waals surface area contributed by atoms with Crippen molar-refractivity contribution in [2.24, 2.45) is 0 Å². The standard InChI is InChI=1S/C24H20FN3O.C23H22FN3O.C21H16FN3.C20H13ClFN3.C20H14ClN3/c1-15-12-18(5-7-20(15)25)23-19(14-22-24(27-23)29-11-10-28(22)2)16-6-8-21-17(13-16)4-3-9-26-21;1-14-4-5-16(11-18(14)13-25)19-12-21-23(28-9-8-27(21)3)26-22(19)17-6-7-20(24)15(2)10-17;1-13-11-16(6-7-19(13)22)20-17(3-2-9-24-20)15-5-4-14-8-10-25-21(23)18(14)12-15;21-17-11-14(5-6-18(17)22)19-15(2-1-8-24-19)13-4-3-12-7-9-25-20(23)16(12)10-13;21-16-4-1-3-15(11-16)19-17(5-2-9-23-19)14-7-6-13-8-10-24-20(22)18(13)12-14/h3-9,12-14H,10-11H2,1-2H3;4-7,10-13,25H,8-9H2,1-3H3;2-12H,1H3,(H2,23,25);1-11H,(H2,23,25);1-12H,(H2,22,24). The molecule has 0 unspecified atom stereocenters. The van der Waals surface area contributed by atoms with E-state index in [2.05, 4.69) is 99.3 Å². The van der Waals surface area contributed by atoms with Crippen molar-refractivity contribution in [3.63, 3.8) is 0 Å². The highest BCUT2D eigenvalue weighted by Crippen LogP contribution is 2.45. The SMILES string of the molecule is Cc1cc(-c2nc3c(cc2-c2ccc(C)c(C=N)c2)N(C)CCO3)ccc1F.Cc1cc(-c2nc3c(cc2-c2ccc4ncccc4c2)N(C)CCO3)ccc1F.Cc1cc(-c2ncccc2-c2ccc3ccnc(N)c3c2)ccc1F.Nc1nccc2ccc(-c3cccnc3-c3ccc(F)c(Cl)c3)cc12.Nc1nccc2ccc(-c3cccnc3-c3cccc(Cl)c3)cc12. The summed E-state index contributed by atoms with van der Waals surface area (Å²) in [6.07, 6.45) is 13.5. The molecular formula is C108H85Cl2F4N15O2. The van der Waals surface area contributed by atoms with Crippen molar-refractivity contribution < 1.29 is 27.0 Å². The van der Waals surface area contributed by atoms with Gasteiger partial charge in [-0.3, -0.25) is 19.9 Å². The molecule has 17 nitrogen and oxygen atoms in total. The number of nitrogens with one attached hydrogen (secondary N) is 1. The number of likely N-dealkylation sites (N-methyl/N-ethyl adjacent to an activating group) is 2. The summed E-state index contributed by atoms with van der Waals surface area (Å²) >= 11 is 12.1. The number of ether oxygens (including phenoxy) is 2. The first-order valence-electron chi connectivity index (χ1n) is 42.1. The third-order valence-corrected chi connectivity index (χ3v) is 23.6. The molecule has 0 radical (unpaired) electrons. The third kappa shape index (κ3) is 19.0. The summed E-state index contributed by atoms with van der Waals surface area (Å²) in [6.45, 7) is 10.0. The predicted octanol–water partition coefficient (Wildman–Crippen LogP) is 25.8. The molecule has 0 bridgehead atoms. The van der Waals surface area contributed by atoms with E-state index in [1.54, 1.807) is 94.5 Å². The minimum absolute atomic E-state index is 0.0704. The van der Waals surface area contributed by atoms with Gasteiger partial charge < -0.3 is 41.9 Å². The topological polar surface area (TPSA) is 243 Å². The smallest absolute Gasteiger partial charge is 0.238 e. The highest BCUT2D eigenvalue weighted by molar-refractivity contribution is 6.31. The van der Waals surface area contributed by atoms with Gasteiger partial charge in [0.2, 0.25) is 11.8 Å². The monoisotopic (exact) mass is 1770 g/mol. The van der Waals surface area contributed by atoms with E-state index < -0.39 is 5.82 Å². The zero-order valence-corrected chi connectivity index (χ0v) is 73.6. The highest BCUT2D eigenvalue weighted by Gasteiger charge is 2.26. The summed E-state index contributed by atoms with van der Waals surface area (Å²) in [6, 6.07) is 83.7. The molecule has 10 aromatic carbocycles. The highest BCUT2D eigenvalue weighted by atomic mass is 35.5. The quantitative estimate of drug-likeness (QED) is 0.0695. The van der Waals surface area contributed by atoms with Crippen LogP contribution in [0.15, 0.2) is 310 Å². The Morgan fingerprint density at radius 2 is 0.710 bits per heavy atom. The molecule has 23 heteroatoms. The minimum Gasteiger partial charge on any atom is -0.474 e. The Kier molecular flexibility index (Phi) is 25.6. The number of benzene rings is 10. The van der Waals surface area contributed by atoms with Gasteiger partial charge in [0.15, 0.2) is 0 Å². The van der Waals surface area contributed by atoms with Crippen LogP contribution < -0.4 is 36.5 Å². The molecule has 0 saturated carbocycles. The summed E-state index contributed by atoms with van der Waals surface area (Å²) < 4.78 is 66.4. The van der Waals surface area contributed by atoms with Crippen LogP contribution in [0.2, 0.25) is 10.0 Å². The molecule has 9 aromatic heterocycles. The fourth-order valence-electron chi connectivity index (χ4n) is 16.0. The second kappa shape index (κ2) is 38.4. The maximum atomic E-state index is 13.9. The molecule has 0 atom stereocenters. The largest absolute Gasteiger partial charge is 0.474 e. The second-order valence-corrected chi connectivity index (χ2v) is 32.6. The molecule has 19 aromatic rings. The van der Waals surface area contributed by atoms with Gasteiger partial charge >= 0.3 is 0 Å². The van der Waals surface area contributed by atoms with Crippen molar-refractivity contribution >= 4 is 101 Å². The maximum absolute atomic E-state index is 13.9. The molecular weight excluding hydrogens is 1690 g/mol. The lowest BCUT2D eigenvalue weighted by molar-refractivity contribution is 0.299. The van der Waals surface area contributed by atoms with Crippen LogP contribution in [0, 0.1) is 56.4 Å². The summed E-state index contributed by atoms with van der Waals surface area (Å²) in [7, 11) is 4.06. The Balaban J connectivity index is 0.000000115. The van der Waals surface area contributed by atoms with E-state index >= 15 is 0 Å². The molecule has 11 heterocycles. The van der Waals surface area contributed by atoms with Crippen molar-refractivity contribution in [2.75, 3.05) is 67.4 Å². The molecule has 0 amide bonds. The van der Waals surface area contributed by atoms with E-state index in [9.17, 15) is 17.6 Å². The van der Waals surface area contributed by atoms with Crippen LogP contribution in [0.25, 0.3) is 155 Å². The fraction of sp³-hybridized carbons (Fsp3) is 0.0926. The Hall–Kier alpha value is -15.8. The van der Waals surface area contributed by atoms with Crippen molar-refractivity contribution in [3.05, 3.63) is 371 Å². The molecule has 0 spiro atoms. The molecule has 646 valence electrons. The molecule has 21 rings (SSSR count). The average molecular weight is 1770 g/mol. The lowest BCUT2D eigenvalue weighted by Gasteiger charge is -2.28. The van der Waals surface area contributed by atoms with Gasteiger partial charge in [0.1, 0.15) is 65.3 Å². The van der Waals surface area contributed by atoms with E-state index in [1.807, 2.05) is 179 Å². The lowest BCUT2D eigenvalue weighted by Crippen LogP contribution is -2.29. The van der Waals surface area contributed by atoms with Gasteiger partial charge in [0, 0.05) is 146 Å². The number of aryl methyl sites for hydroxylation is 4. The van der Waals surface area contributed by atoms with Crippen LogP contribution in [-0.2, 0) is 0 Å². The zero-order valence-electron chi connectivity index (χ0n) is 72.1. The molecule has 0 saturated heterocycles. The molecule has 131 heavy (non-hydrogen) atoms. The molecule has 0 fully saturated rings. The van der Waals surface area contributed by atoms with Crippen LogP contribution in [0.1, 0.15) is 27.8 Å². The van der Waals surface area contributed by atoms with Crippen LogP contribution >= 0.6 is 23.2 Å². The number of nitrogens with zero attached hydrogens (tertiary/aromatic N) is 11. The number of nitrogens with two attached hydrogens (primary N) is 3. The van der Waals surface area contributed by atoms with Gasteiger partial charge in [-0.15, -0.1) is 0 Å². The molecule has 0 aliphatic carbocycles. The molecule has 2 aliphatic heterocycles. The Labute approximate surface area is 764 Å². The number of hydrogen-bond donors (Lipinski definition) is 4. The molecule has 7 N–H and O–H groups in total. The number of aromatic nitrogens is 9. The summed E-state index contributed by atoms with van der Waals surface area (Å²) in [5.41, 5.74) is 42.7. The first kappa shape index (κ1) is 87.2. The number of halogens is 6. The van der Waals surface area contributed by atoms with Crippen LogP contribution in [0.3, 0.4) is 0 Å². The van der Waals surface area contributed by atoms with E-state index in [-0.39, 0.29) is 22.5 Å². The number of anilines is 5. The molecule has 2 aliphatic rings. The van der Waals surface area contributed by atoms with E-state index in [0.29, 0.717) is 64.1 Å². The summed E-state index contributed by atoms with van der Waals surface area (Å²) in [5.74, 6) is 1.59. The average Bonchev–Trinajstić information content (AvgIpc) is 0.755. The van der Waals surface area contributed by atoms with Crippen LogP contribution in [-0.4, -0.2) is 91.5 Å². The van der Waals surface area contributed by atoms with Gasteiger partial charge in [0.25, 0.3) is 0 Å². The first-order chi connectivity index (χ1) is 63.6. The Morgan fingerprint density at radius 3 is 1.15 bits per heavy atom. The Morgan fingerprint density at radius 1 is 0.328 bits per heavy atom. The zero-order chi connectivity index (χ0) is 91.1. The Bertz CT molecular complexity index is 7440. The van der Waals surface area contributed by atoms with E-state index in [4.69, 9.17) is 65.3 Å². The van der Waals surface area contributed by atoms with Crippen molar-refractivity contribution in [1.29, 1.82) is 5.41 Å². The number of hydrogen-bond acceptors (Lipinski definition) is 17. The maximum Gasteiger partial charge on any atom is 0.238 e. The number of nitrogen functional groups attached to an aromatic ring is 3. The van der Waals surface area contributed by atoms with Crippen molar-refractivity contribution in [3.8, 4) is 124 Å². The fourth-order valence-corrected chi connectivity index (χ4v) is 16.3. The summed E-state index contributed by atoms with van der Waals surface area (Å²) in [5, 5.41) is 15.4. The van der Waals surface area contributed by atoms with Crippen LogP contribution in [0.4, 0.5) is 46.4 Å². The first-order valence-corrected chi connectivity index (χ1v) is 42.9. The predicted molar refractivity (Wildman–Crippen MR) is 524 cm³/mol. The normalized spacial score (nSPS) is 11.9. The number of pyridine rings is 9. The van der Waals surface area contributed by atoms with Gasteiger partial charge in [-0.25, -0.2) is 42.5 Å². The van der Waals surface area contributed by atoms with Gasteiger partial charge in [-0.1, -0.05) is 114 Å². The van der Waals surface area contributed by atoms with E-state index in [0.717, 1.165) is 191 Å². The minimum atomic E-state index is -0.451. The van der Waals surface area contributed by atoms with Gasteiger partial charge in [0.05, 0.1) is 52.1 Å². The second-order valence-electron chi connectivity index (χ2n) is 31.7. The van der Waals surface area contributed by atoms with Gasteiger partial charge in [-0.2, -0.15) is 0 Å². The van der Waals surface area contributed by atoms with Crippen molar-refractivity contribution in [1.82, 2.24) is 44.9 Å². The number of fused-ring (bicyclic) bond motifs is 6. The van der Waals surface area contributed by atoms with Gasteiger partial charge in [-0.05, 0) is 275 Å². The third-order valence-electron chi connectivity index (χ3n) is 23.1. The number of rotatable bonds is 11. The lowest BCUT2D eigenvalue weighted by atomic mass is 9.95.